The van der Waals surface area contributed by atoms with E-state index in [0.717, 1.165) is 12.8 Å². The summed E-state index contributed by atoms with van der Waals surface area (Å²) in [5.74, 6) is 0.0876. The molecule has 0 saturated carbocycles. The number of hydrogen-bond acceptors (Lipinski definition) is 3. The van der Waals surface area contributed by atoms with E-state index in [4.69, 9.17) is 4.74 Å². The minimum absolute atomic E-state index is 0.0681. The first-order valence-electron chi connectivity index (χ1n) is 4.71. The van der Waals surface area contributed by atoms with E-state index in [1.165, 1.54) is 0 Å². The predicted octanol–water partition coefficient (Wildman–Crippen LogP) is 0.868. The fraction of sp³-hybridized carbons (Fsp3) is 1.00. The molecular weight excluding hydrogens is 270 g/mol. The topological polar surface area (TPSA) is 55.4 Å². The molecule has 1 N–H and O–H groups in total. The van der Waals surface area contributed by atoms with Crippen LogP contribution in [-0.2, 0) is 14.8 Å². The Labute approximate surface area is 93.6 Å². The Morgan fingerprint density at radius 3 is 2.86 bits per heavy atom. The molecule has 1 fully saturated rings. The van der Waals surface area contributed by atoms with Gasteiger partial charge in [-0.1, -0.05) is 15.9 Å². The number of sulfonamides is 1. The van der Waals surface area contributed by atoms with Crippen molar-refractivity contribution in [2.45, 2.75) is 31.9 Å². The van der Waals surface area contributed by atoms with Crippen LogP contribution in [0.5, 0.6) is 0 Å². The van der Waals surface area contributed by atoms with E-state index in [9.17, 15) is 8.42 Å². The first-order valence-corrected chi connectivity index (χ1v) is 7.48. The van der Waals surface area contributed by atoms with E-state index in [0.29, 0.717) is 11.9 Å². The van der Waals surface area contributed by atoms with Gasteiger partial charge in [0.25, 0.3) is 0 Å². The Bertz CT molecular complexity index is 262. The van der Waals surface area contributed by atoms with Crippen molar-refractivity contribution in [1.82, 2.24) is 4.72 Å². The molecule has 1 heterocycles. The molecule has 0 aromatic carbocycles. The number of alkyl halides is 1. The molecule has 4 nitrogen and oxygen atoms in total. The van der Waals surface area contributed by atoms with Crippen LogP contribution in [0.1, 0.15) is 19.8 Å². The van der Waals surface area contributed by atoms with Gasteiger partial charge in [-0.25, -0.2) is 13.1 Å². The van der Waals surface area contributed by atoms with Crippen molar-refractivity contribution in [3.8, 4) is 0 Å². The van der Waals surface area contributed by atoms with E-state index >= 15 is 0 Å². The molecular formula is C8H16BrNO3S. The van der Waals surface area contributed by atoms with Gasteiger partial charge in [0.05, 0.1) is 11.9 Å². The van der Waals surface area contributed by atoms with Crippen molar-refractivity contribution in [3.63, 3.8) is 0 Å². The second-order valence-corrected chi connectivity index (χ2v) is 6.04. The largest absolute Gasteiger partial charge is 0.377 e. The number of ether oxygens (including phenoxy) is 1. The molecule has 2 unspecified atom stereocenters. The van der Waals surface area contributed by atoms with Crippen molar-refractivity contribution < 1.29 is 13.2 Å². The summed E-state index contributed by atoms with van der Waals surface area (Å²) in [5.41, 5.74) is 0. The summed E-state index contributed by atoms with van der Waals surface area (Å²) in [6, 6.07) is -0.0681. The van der Waals surface area contributed by atoms with E-state index in [1.54, 1.807) is 0 Å². The maximum atomic E-state index is 11.5. The fourth-order valence-electron chi connectivity index (χ4n) is 1.41. The highest BCUT2D eigenvalue weighted by Gasteiger charge is 2.23. The Morgan fingerprint density at radius 2 is 2.36 bits per heavy atom. The molecule has 0 aromatic rings. The van der Waals surface area contributed by atoms with Crippen molar-refractivity contribution in [3.05, 3.63) is 0 Å². The average molecular weight is 286 g/mol. The number of rotatable bonds is 5. The fourth-order valence-corrected chi connectivity index (χ4v) is 3.33. The number of hydrogen-bond donors (Lipinski definition) is 1. The number of nitrogens with one attached hydrogen (secondary N) is 1. The predicted molar refractivity (Wildman–Crippen MR) is 59.2 cm³/mol. The third kappa shape index (κ3) is 4.25. The normalized spacial score (nSPS) is 25.1. The summed E-state index contributed by atoms with van der Waals surface area (Å²) in [6.07, 6.45) is 1.70. The van der Waals surface area contributed by atoms with Gasteiger partial charge in [0.2, 0.25) is 10.0 Å². The minimum atomic E-state index is -3.18. The summed E-state index contributed by atoms with van der Waals surface area (Å²) < 4.78 is 30.9. The third-order valence-electron chi connectivity index (χ3n) is 2.04. The third-order valence-corrected chi connectivity index (χ3v) is 4.58. The Balaban J connectivity index is 2.40. The molecule has 0 spiro atoms. The zero-order valence-corrected chi connectivity index (χ0v) is 10.6. The molecule has 14 heavy (non-hydrogen) atoms. The van der Waals surface area contributed by atoms with E-state index in [2.05, 4.69) is 20.7 Å². The first-order chi connectivity index (χ1) is 6.53. The van der Waals surface area contributed by atoms with Gasteiger partial charge in [-0.15, -0.1) is 0 Å². The lowest BCUT2D eigenvalue weighted by molar-refractivity contribution is 0.127. The van der Waals surface area contributed by atoms with E-state index in [-0.39, 0.29) is 17.9 Å². The molecule has 1 rings (SSSR count). The van der Waals surface area contributed by atoms with Crippen LogP contribution < -0.4 is 4.72 Å². The molecule has 1 saturated heterocycles. The van der Waals surface area contributed by atoms with E-state index in [1.807, 2.05) is 6.92 Å². The van der Waals surface area contributed by atoms with Crippen LogP contribution in [0, 0.1) is 0 Å². The lowest BCUT2D eigenvalue weighted by Crippen LogP contribution is -2.38. The summed E-state index contributed by atoms with van der Waals surface area (Å²) in [4.78, 5) is 0. The summed E-state index contributed by atoms with van der Waals surface area (Å²) >= 11 is 3.22. The van der Waals surface area contributed by atoms with Crippen LogP contribution in [0.4, 0.5) is 0 Å². The minimum Gasteiger partial charge on any atom is -0.377 e. The van der Waals surface area contributed by atoms with Crippen molar-refractivity contribution in [2.75, 3.05) is 17.7 Å². The molecule has 0 amide bonds. The molecule has 84 valence electrons. The van der Waals surface area contributed by atoms with Crippen LogP contribution in [0.3, 0.4) is 0 Å². The van der Waals surface area contributed by atoms with Crippen molar-refractivity contribution in [2.24, 2.45) is 0 Å². The van der Waals surface area contributed by atoms with Crippen LogP contribution in [-0.4, -0.2) is 38.3 Å². The highest BCUT2D eigenvalue weighted by atomic mass is 79.9. The molecule has 1 aliphatic rings. The molecule has 0 aliphatic carbocycles. The van der Waals surface area contributed by atoms with Crippen LogP contribution in [0.25, 0.3) is 0 Å². The van der Waals surface area contributed by atoms with Gasteiger partial charge in [0.1, 0.15) is 0 Å². The second kappa shape index (κ2) is 5.44. The zero-order chi connectivity index (χ0) is 10.6. The maximum Gasteiger partial charge on any atom is 0.214 e. The molecule has 0 radical (unpaired) electrons. The SMILES string of the molecule is CC(CBr)NS(=O)(=O)CC1CCCO1. The molecule has 0 bridgehead atoms. The Morgan fingerprint density at radius 1 is 1.64 bits per heavy atom. The Hall–Kier alpha value is 0.350. The monoisotopic (exact) mass is 285 g/mol. The highest BCUT2D eigenvalue weighted by molar-refractivity contribution is 9.09. The molecule has 6 heteroatoms. The van der Waals surface area contributed by atoms with E-state index < -0.39 is 10.0 Å². The molecule has 1 aliphatic heterocycles. The van der Waals surface area contributed by atoms with Gasteiger partial charge in [0, 0.05) is 18.0 Å². The standard InChI is InChI=1S/C8H16BrNO3S/c1-7(5-9)10-14(11,12)6-8-3-2-4-13-8/h7-8,10H,2-6H2,1H3. The molecule has 0 aromatic heterocycles. The van der Waals surface area contributed by atoms with Gasteiger partial charge in [0.15, 0.2) is 0 Å². The van der Waals surface area contributed by atoms with Gasteiger partial charge < -0.3 is 4.74 Å². The lowest BCUT2D eigenvalue weighted by atomic mass is 10.3. The quantitative estimate of drug-likeness (QED) is 0.763. The molecule has 2 atom stereocenters. The van der Waals surface area contributed by atoms with Gasteiger partial charge in [-0.2, -0.15) is 0 Å². The summed E-state index contributed by atoms with van der Waals surface area (Å²) in [5, 5.41) is 0.623. The smallest absolute Gasteiger partial charge is 0.214 e. The maximum absolute atomic E-state index is 11.5. The second-order valence-electron chi connectivity index (χ2n) is 3.59. The average Bonchev–Trinajstić information content (AvgIpc) is 2.54. The van der Waals surface area contributed by atoms with Gasteiger partial charge in [-0.05, 0) is 19.8 Å². The first kappa shape index (κ1) is 12.4. The van der Waals surface area contributed by atoms with Gasteiger partial charge >= 0.3 is 0 Å². The number of halogens is 1. The Kier molecular flexibility index (Phi) is 4.82. The van der Waals surface area contributed by atoms with Gasteiger partial charge in [-0.3, -0.25) is 0 Å². The lowest BCUT2D eigenvalue weighted by Gasteiger charge is -2.14. The zero-order valence-electron chi connectivity index (χ0n) is 8.20. The van der Waals surface area contributed by atoms with Crippen LogP contribution in [0.15, 0.2) is 0 Å². The van der Waals surface area contributed by atoms with Crippen LogP contribution >= 0.6 is 15.9 Å². The highest BCUT2D eigenvalue weighted by Crippen LogP contribution is 2.13. The summed E-state index contributed by atoms with van der Waals surface area (Å²) in [6.45, 7) is 2.51. The summed E-state index contributed by atoms with van der Waals surface area (Å²) in [7, 11) is -3.18. The van der Waals surface area contributed by atoms with Crippen molar-refractivity contribution in [1.29, 1.82) is 0 Å². The van der Waals surface area contributed by atoms with Crippen molar-refractivity contribution >= 4 is 26.0 Å². The van der Waals surface area contributed by atoms with Crippen LogP contribution in [0.2, 0.25) is 0 Å².